The SMILES string of the molecule is N#Cc1cc2c(N)ncnc2[nH]c1=S. The summed E-state index contributed by atoms with van der Waals surface area (Å²) in [4.78, 5) is 10.6. The van der Waals surface area contributed by atoms with Gasteiger partial charge in [-0.05, 0) is 6.07 Å². The molecule has 0 radical (unpaired) electrons. The van der Waals surface area contributed by atoms with Crippen LogP contribution in [0.3, 0.4) is 0 Å². The monoisotopic (exact) mass is 203 g/mol. The summed E-state index contributed by atoms with van der Waals surface area (Å²) in [6.45, 7) is 0. The van der Waals surface area contributed by atoms with Gasteiger partial charge in [0.25, 0.3) is 0 Å². The third-order valence-electron chi connectivity index (χ3n) is 1.80. The summed E-state index contributed by atoms with van der Waals surface area (Å²) in [5, 5.41) is 9.36. The lowest BCUT2D eigenvalue weighted by atomic mass is 10.2. The van der Waals surface area contributed by atoms with E-state index in [4.69, 9.17) is 23.2 Å². The van der Waals surface area contributed by atoms with Crippen molar-refractivity contribution in [1.29, 1.82) is 5.26 Å². The first kappa shape index (κ1) is 8.59. The minimum atomic E-state index is 0.331. The highest BCUT2D eigenvalue weighted by atomic mass is 32.1. The Morgan fingerprint density at radius 1 is 1.50 bits per heavy atom. The first-order valence-electron chi connectivity index (χ1n) is 3.76. The van der Waals surface area contributed by atoms with Crippen molar-refractivity contribution in [2.24, 2.45) is 0 Å². The van der Waals surface area contributed by atoms with Crippen LogP contribution >= 0.6 is 12.2 Å². The van der Waals surface area contributed by atoms with Crippen molar-refractivity contribution in [2.75, 3.05) is 5.73 Å². The molecule has 5 nitrogen and oxygen atoms in total. The van der Waals surface area contributed by atoms with E-state index in [0.717, 1.165) is 0 Å². The molecule has 0 saturated carbocycles. The quantitative estimate of drug-likeness (QED) is 0.626. The maximum Gasteiger partial charge on any atom is 0.143 e. The second-order valence-electron chi connectivity index (χ2n) is 2.65. The molecule has 2 aromatic heterocycles. The lowest BCUT2D eigenvalue weighted by Gasteiger charge is -1.99. The van der Waals surface area contributed by atoms with Gasteiger partial charge in [-0.3, -0.25) is 0 Å². The normalized spacial score (nSPS) is 9.93. The molecule has 3 N–H and O–H groups in total. The number of hydrogen-bond acceptors (Lipinski definition) is 5. The fourth-order valence-corrected chi connectivity index (χ4v) is 1.32. The van der Waals surface area contributed by atoms with Gasteiger partial charge in [0.15, 0.2) is 0 Å². The molecular weight excluding hydrogens is 198 g/mol. The predicted octanol–water partition coefficient (Wildman–Crippen LogP) is 1.14. The molecule has 14 heavy (non-hydrogen) atoms. The Labute approximate surface area is 84.2 Å². The first-order chi connectivity index (χ1) is 6.72. The average Bonchev–Trinajstić information content (AvgIpc) is 2.17. The van der Waals surface area contributed by atoms with Gasteiger partial charge in [-0.2, -0.15) is 5.26 Å². The zero-order chi connectivity index (χ0) is 10.1. The highest BCUT2D eigenvalue weighted by molar-refractivity contribution is 7.71. The smallest absolute Gasteiger partial charge is 0.143 e. The Hall–Kier alpha value is -2.00. The van der Waals surface area contributed by atoms with Crippen molar-refractivity contribution in [2.45, 2.75) is 0 Å². The second-order valence-corrected chi connectivity index (χ2v) is 3.05. The van der Waals surface area contributed by atoms with Crippen molar-refractivity contribution in [3.63, 3.8) is 0 Å². The Bertz CT molecular complexity index is 595. The lowest BCUT2D eigenvalue weighted by Crippen LogP contribution is -1.96. The number of hydrogen-bond donors (Lipinski definition) is 2. The number of pyridine rings is 1. The van der Waals surface area contributed by atoms with E-state index in [9.17, 15) is 0 Å². The maximum atomic E-state index is 8.75. The number of fused-ring (bicyclic) bond motifs is 1. The van der Waals surface area contributed by atoms with Crippen LogP contribution in [-0.2, 0) is 0 Å². The van der Waals surface area contributed by atoms with Gasteiger partial charge in [0.2, 0.25) is 0 Å². The zero-order valence-corrected chi connectivity index (χ0v) is 7.80. The summed E-state index contributed by atoms with van der Waals surface area (Å²) >= 11 is 4.94. The Kier molecular flexibility index (Phi) is 1.87. The van der Waals surface area contributed by atoms with Crippen LogP contribution < -0.4 is 5.73 Å². The van der Waals surface area contributed by atoms with Gasteiger partial charge in [0.05, 0.1) is 10.9 Å². The van der Waals surface area contributed by atoms with Crippen LogP contribution in [0.4, 0.5) is 5.82 Å². The number of H-pyrrole nitrogens is 1. The molecule has 6 heteroatoms. The molecule has 2 heterocycles. The van der Waals surface area contributed by atoms with E-state index < -0.39 is 0 Å². The van der Waals surface area contributed by atoms with Crippen LogP contribution in [0.5, 0.6) is 0 Å². The minimum absolute atomic E-state index is 0.331. The van der Waals surface area contributed by atoms with Gasteiger partial charge < -0.3 is 10.7 Å². The number of rotatable bonds is 0. The number of nitriles is 1. The molecule has 68 valence electrons. The van der Waals surface area contributed by atoms with Crippen molar-refractivity contribution < 1.29 is 0 Å². The highest BCUT2D eigenvalue weighted by Gasteiger charge is 2.03. The summed E-state index contributed by atoms with van der Waals surface area (Å²) in [6.07, 6.45) is 1.34. The van der Waals surface area contributed by atoms with Crippen LogP contribution in [0.25, 0.3) is 11.0 Å². The van der Waals surface area contributed by atoms with Gasteiger partial charge >= 0.3 is 0 Å². The van der Waals surface area contributed by atoms with E-state index in [0.29, 0.717) is 27.1 Å². The molecule has 2 rings (SSSR count). The van der Waals surface area contributed by atoms with Crippen LogP contribution in [0, 0.1) is 16.0 Å². The van der Waals surface area contributed by atoms with Crippen molar-refractivity contribution in [3.05, 3.63) is 22.6 Å². The number of anilines is 1. The third kappa shape index (κ3) is 1.20. The maximum absolute atomic E-state index is 8.75. The Morgan fingerprint density at radius 2 is 2.29 bits per heavy atom. The molecule has 0 aliphatic heterocycles. The standard InChI is InChI=1S/C8H5N5S/c9-2-4-1-5-6(10)11-3-12-7(5)13-8(4)14/h1,3H,(H3,10,11,12,13,14). The van der Waals surface area contributed by atoms with Crippen LogP contribution in [0.15, 0.2) is 12.4 Å². The van der Waals surface area contributed by atoms with Gasteiger partial charge in [0, 0.05) is 0 Å². The van der Waals surface area contributed by atoms with Gasteiger partial charge in [-0.15, -0.1) is 0 Å². The molecule has 0 spiro atoms. The average molecular weight is 203 g/mol. The van der Waals surface area contributed by atoms with Crippen molar-refractivity contribution in [1.82, 2.24) is 15.0 Å². The minimum Gasteiger partial charge on any atom is -0.383 e. The second kappa shape index (κ2) is 3.05. The van der Waals surface area contributed by atoms with Crippen LogP contribution in [0.2, 0.25) is 0 Å². The molecule has 0 aliphatic carbocycles. The van der Waals surface area contributed by atoms with Gasteiger partial charge in [0.1, 0.15) is 28.5 Å². The fourth-order valence-electron chi connectivity index (χ4n) is 1.12. The van der Waals surface area contributed by atoms with E-state index in [1.165, 1.54) is 6.33 Å². The largest absolute Gasteiger partial charge is 0.383 e. The van der Waals surface area contributed by atoms with E-state index in [-0.39, 0.29) is 0 Å². The molecule has 2 aromatic rings. The van der Waals surface area contributed by atoms with Crippen molar-refractivity contribution in [3.8, 4) is 6.07 Å². The molecule has 0 aliphatic rings. The van der Waals surface area contributed by atoms with E-state index in [1.807, 2.05) is 6.07 Å². The molecule has 0 atom stereocenters. The van der Waals surface area contributed by atoms with Crippen molar-refractivity contribution >= 4 is 29.1 Å². The van der Waals surface area contributed by atoms with E-state index in [1.54, 1.807) is 6.07 Å². The number of nitrogens with two attached hydrogens (primary N) is 1. The summed E-state index contributed by atoms with van der Waals surface area (Å²) in [5.74, 6) is 0.331. The number of nitrogens with one attached hydrogen (secondary N) is 1. The third-order valence-corrected chi connectivity index (χ3v) is 2.12. The highest BCUT2D eigenvalue weighted by Crippen LogP contribution is 2.16. The molecule has 0 unspecified atom stereocenters. The summed E-state index contributed by atoms with van der Waals surface area (Å²) in [5.41, 5.74) is 6.53. The Morgan fingerprint density at radius 3 is 3.00 bits per heavy atom. The topological polar surface area (TPSA) is 91.4 Å². The summed E-state index contributed by atoms with van der Waals surface area (Å²) in [6, 6.07) is 3.55. The summed E-state index contributed by atoms with van der Waals surface area (Å²) in [7, 11) is 0. The first-order valence-corrected chi connectivity index (χ1v) is 4.17. The van der Waals surface area contributed by atoms with E-state index in [2.05, 4.69) is 15.0 Å². The number of nitrogens with zero attached hydrogens (tertiary/aromatic N) is 3. The van der Waals surface area contributed by atoms with E-state index >= 15 is 0 Å². The van der Waals surface area contributed by atoms with Crippen LogP contribution in [-0.4, -0.2) is 15.0 Å². The van der Waals surface area contributed by atoms with Gasteiger partial charge in [-0.25, -0.2) is 9.97 Å². The van der Waals surface area contributed by atoms with Crippen LogP contribution in [0.1, 0.15) is 5.56 Å². The molecule has 0 saturated heterocycles. The number of aromatic amines is 1. The predicted molar refractivity (Wildman–Crippen MR) is 53.9 cm³/mol. The lowest BCUT2D eigenvalue weighted by molar-refractivity contribution is 1.18. The molecule has 0 bridgehead atoms. The molecule has 0 amide bonds. The Balaban J connectivity index is 2.96. The zero-order valence-electron chi connectivity index (χ0n) is 6.98. The number of aromatic nitrogens is 3. The number of nitrogen functional groups attached to an aromatic ring is 1. The molecule has 0 fully saturated rings. The van der Waals surface area contributed by atoms with Gasteiger partial charge in [-0.1, -0.05) is 12.2 Å². The molecular formula is C8H5N5S. The summed E-state index contributed by atoms with van der Waals surface area (Å²) < 4.78 is 0.359. The molecule has 0 aromatic carbocycles. The fraction of sp³-hybridized carbons (Fsp3) is 0.